The Labute approximate surface area is 170 Å². The summed E-state index contributed by atoms with van der Waals surface area (Å²) in [5.74, 6) is -4.02. The molecule has 29 heavy (non-hydrogen) atoms. The van der Waals surface area contributed by atoms with Crippen molar-refractivity contribution in [3.63, 3.8) is 0 Å². The number of hydrogen-bond donors (Lipinski definition) is 3. The van der Waals surface area contributed by atoms with E-state index in [1.165, 1.54) is 6.92 Å². The molecule has 160 valence electrons. The molecule has 2 heterocycles. The van der Waals surface area contributed by atoms with Crippen molar-refractivity contribution in [1.29, 1.82) is 0 Å². The predicted octanol–water partition coefficient (Wildman–Crippen LogP) is 0.948. The lowest BCUT2D eigenvalue weighted by atomic mass is 9.36. The second-order valence-electron chi connectivity index (χ2n) is 10.3. The molecule has 4 aliphatic carbocycles. The van der Waals surface area contributed by atoms with Crippen molar-refractivity contribution in [3.05, 3.63) is 12.2 Å². The van der Waals surface area contributed by atoms with Gasteiger partial charge in [-0.2, -0.15) is 0 Å². The van der Waals surface area contributed by atoms with Gasteiger partial charge >= 0.3 is 5.97 Å². The molecule has 0 aromatic heterocycles. The summed E-state index contributed by atoms with van der Waals surface area (Å²) in [5, 5.41) is 34.5. The maximum Gasteiger partial charge on any atom is 0.302 e. The van der Waals surface area contributed by atoms with Crippen molar-refractivity contribution < 1.29 is 34.4 Å². The number of ether oxygens (including phenoxy) is 2. The lowest BCUT2D eigenvalue weighted by molar-refractivity contribution is -0.450. The molecule has 7 heteroatoms. The fourth-order valence-electron chi connectivity index (χ4n) is 8.24. The Morgan fingerprint density at radius 1 is 1.28 bits per heavy atom. The van der Waals surface area contributed by atoms with Gasteiger partial charge in [0.25, 0.3) is 0 Å². The normalized spacial score (nSPS) is 55.4. The van der Waals surface area contributed by atoms with Gasteiger partial charge in [-0.05, 0) is 37.2 Å². The highest BCUT2D eigenvalue weighted by atomic mass is 16.6. The van der Waals surface area contributed by atoms with Gasteiger partial charge < -0.3 is 24.8 Å². The van der Waals surface area contributed by atoms with Gasteiger partial charge in [0.05, 0.1) is 19.3 Å². The lowest BCUT2D eigenvalue weighted by Crippen LogP contribution is -2.84. The Balaban J connectivity index is 1.68. The van der Waals surface area contributed by atoms with E-state index in [1.54, 1.807) is 0 Å². The van der Waals surface area contributed by atoms with Gasteiger partial charge in [-0.25, -0.2) is 0 Å². The number of hydrogen-bond acceptors (Lipinski definition) is 7. The molecule has 9 atom stereocenters. The zero-order chi connectivity index (χ0) is 21.0. The van der Waals surface area contributed by atoms with Crippen LogP contribution in [0.1, 0.15) is 46.0 Å². The minimum Gasteiger partial charge on any atom is -0.465 e. The molecule has 2 aliphatic heterocycles. The molecule has 4 saturated carbocycles. The molecular weight excluding hydrogens is 376 g/mol. The molecule has 5 unspecified atom stereocenters. The fraction of sp³-hybridized carbons (Fsp3) is 0.818. The van der Waals surface area contributed by atoms with E-state index in [9.17, 15) is 24.9 Å². The van der Waals surface area contributed by atoms with E-state index in [2.05, 4.69) is 6.58 Å². The van der Waals surface area contributed by atoms with Crippen LogP contribution in [0.2, 0.25) is 0 Å². The Bertz CT molecular complexity index is 809. The number of aliphatic hydroxyl groups is 3. The summed E-state index contributed by atoms with van der Waals surface area (Å²) in [6.45, 7) is 7.63. The van der Waals surface area contributed by atoms with Crippen LogP contribution in [0.3, 0.4) is 0 Å². The van der Waals surface area contributed by atoms with Crippen molar-refractivity contribution in [3.8, 4) is 0 Å². The third-order valence-corrected chi connectivity index (χ3v) is 9.21. The molecule has 7 nitrogen and oxygen atoms in total. The molecule has 6 fully saturated rings. The smallest absolute Gasteiger partial charge is 0.302 e. The van der Waals surface area contributed by atoms with E-state index < -0.39 is 46.1 Å². The topological polar surface area (TPSA) is 113 Å². The number of esters is 1. The molecule has 4 bridgehead atoms. The van der Waals surface area contributed by atoms with Gasteiger partial charge in [-0.1, -0.05) is 19.9 Å². The zero-order valence-electron chi connectivity index (χ0n) is 17.0. The average molecular weight is 406 g/mol. The van der Waals surface area contributed by atoms with E-state index in [0.717, 1.165) is 19.3 Å². The first-order chi connectivity index (χ1) is 13.6. The first kappa shape index (κ1) is 19.7. The third kappa shape index (κ3) is 1.94. The van der Waals surface area contributed by atoms with Crippen LogP contribution in [0, 0.1) is 34.0 Å². The molecule has 6 rings (SSSR count). The highest BCUT2D eigenvalue weighted by Gasteiger charge is 2.85. The average Bonchev–Trinajstić information content (AvgIpc) is 2.77. The first-order valence-corrected chi connectivity index (χ1v) is 10.7. The second-order valence-corrected chi connectivity index (χ2v) is 10.3. The third-order valence-electron chi connectivity index (χ3n) is 9.21. The van der Waals surface area contributed by atoms with Crippen molar-refractivity contribution in [2.45, 2.75) is 63.9 Å². The quantitative estimate of drug-likeness (QED) is 0.462. The van der Waals surface area contributed by atoms with Crippen LogP contribution < -0.4 is 0 Å². The van der Waals surface area contributed by atoms with Crippen molar-refractivity contribution in [2.75, 3.05) is 13.2 Å². The number of carbonyl (C=O) groups excluding carboxylic acids is 2. The highest BCUT2D eigenvalue weighted by molar-refractivity contribution is 6.05. The van der Waals surface area contributed by atoms with Gasteiger partial charge in [-0.3, -0.25) is 9.59 Å². The second kappa shape index (κ2) is 5.69. The summed E-state index contributed by atoms with van der Waals surface area (Å²) in [7, 11) is 0. The lowest BCUT2D eigenvalue weighted by Gasteiger charge is -2.74. The van der Waals surface area contributed by atoms with Crippen LogP contribution >= 0.6 is 0 Å². The van der Waals surface area contributed by atoms with Crippen LogP contribution in [0.5, 0.6) is 0 Å². The van der Waals surface area contributed by atoms with Crippen LogP contribution in [0.4, 0.5) is 0 Å². The van der Waals surface area contributed by atoms with E-state index >= 15 is 0 Å². The SMILES string of the molecule is C=C1C(=O)C23C(O)C1CC[C@H]2C12CCCC(C)(COC(C)=O)[C@H]1[C@H](O)[C@]3(O)OC2. The monoisotopic (exact) mass is 406 g/mol. The summed E-state index contributed by atoms with van der Waals surface area (Å²) in [6.07, 6.45) is 1.15. The Kier molecular flexibility index (Phi) is 3.86. The van der Waals surface area contributed by atoms with Gasteiger partial charge in [-0.15, -0.1) is 0 Å². The Morgan fingerprint density at radius 2 is 2.00 bits per heavy atom. The standard InChI is InChI=1S/C22H30O7/c1-11-13-5-6-14-20-8-4-7-19(3,9-28-12(2)23)15(20)18(26)22(27,29-10-20)21(14,16(11)24)17(13)25/h13-15,17-18,25-27H,1,4-10H2,2-3H3/t13?,14-,15+,17?,18-,19?,20?,21?,22-/m0/s1. The Morgan fingerprint density at radius 3 is 2.69 bits per heavy atom. The van der Waals surface area contributed by atoms with E-state index in [0.29, 0.717) is 18.4 Å². The first-order valence-electron chi connectivity index (χ1n) is 10.7. The van der Waals surface area contributed by atoms with Crippen molar-refractivity contribution >= 4 is 11.8 Å². The minimum atomic E-state index is -2.17. The largest absolute Gasteiger partial charge is 0.465 e. The van der Waals surface area contributed by atoms with Gasteiger partial charge in [0, 0.05) is 29.6 Å². The van der Waals surface area contributed by atoms with Gasteiger partial charge in [0.15, 0.2) is 5.78 Å². The summed E-state index contributed by atoms with van der Waals surface area (Å²) >= 11 is 0. The highest BCUT2D eigenvalue weighted by Crippen LogP contribution is 2.76. The summed E-state index contributed by atoms with van der Waals surface area (Å²) in [5.41, 5.74) is -2.35. The predicted molar refractivity (Wildman–Crippen MR) is 100 cm³/mol. The van der Waals surface area contributed by atoms with Gasteiger partial charge in [0.2, 0.25) is 5.79 Å². The Hall–Kier alpha value is -1.28. The van der Waals surface area contributed by atoms with E-state index in [1.807, 2.05) is 6.92 Å². The number of rotatable bonds is 2. The number of fused-ring (bicyclic) bond motifs is 2. The zero-order valence-corrected chi connectivity index (χ0v) is 17.0. The molecule has 6 aliphatic rings. The van der Waals surface area contributed by atoms with E-state index in [-0.39, 0.29) is 30.9 Å². The molecule has 0 amide bonds. The van der Waals surface area contributed by atoms with E-state index in [4.69, 9.17) is 9.47 Å². The summed E-state index contributed by atoms with van der Waals surface area (Å²) in [6, 6.07) is 0. The number of carbonyl (C=O) groups is 2. The maximum absolute atomic E-state index is 13.5. The fourth-order valence-corrected chi connectivity index (χ4v) is 8.24. The van der Waals surface area contributed by atoms with Crippen molar-refractivity contribution in [1.82, 2.24) is 0 Å². The molecule has 2 spiro atoms. The number of aliphatic hydroxyl groups excluding tert-OH is 2. The molecule has 2 saturated heterocycles. The molecule has 3 N–H and O–H groups in total. The molecular formula is C22H30O7. The van der Waals surface area contributed by atoms with Crippen LogP contribution in [-0.4, -0.2) is 58.3 Å². The van der Waals surface area contributed by atoms with Crippen LogP contribution in [0.15, 0.2) is 12.2 Å². The van der Waals surface area contributed by atoms with Gasteiger partial charge in [0.1, 0.15) is 11.5 Å². The number of Topliss-reactive ketones (excluding diaryl/α,β-unsaturated/α-hetero) is 1. The molecule has 0 radical (unpaired) electrons. The minimum absolute atomic E-state index is 0.146. The van der Waals surface area contributed by atoms with Crippen LogP contribution in [-0.2, 0) is 19.1 Å². The molecule has 0 aromatic carbocycles. The number of ketones is 1. The molecule has 0 aromatic rings. The van der Waals surface area contributed by atoms with Crippen LogP contribution in [0.25, 0.3) is 0 Å². The maximum atomic E-state index is 13.5. The summed E-state index contributed by atoms with van der Waals surface area (Å²) in [4.78, 5) is 25.0. The summed E-state index contributed by atoms with van der Waals surface area (Å²) < 4.78 is 11.3. The van der Waals surface area contributed by atoms with Crippen molar-refractivity contribution in [2.24, 2.45) is 34.0 Å².